The molecule has 2 rings (SSSR count). The largest absolute Gasteiger partial charge is 0.361 e. The third-order valence-electron chi connectivity index (χ3n) is 2.79. The van der Waals surface area contributed by atoms with Crippen LogP contribution < -0.4 is 5.32 Å². The minimum Gasteiger partial charge on any atom is -0.361 e. The number of benzene rings is 1. The van der Waals surface area contributed by atoms with Crippen LogP contribution in [0.4, 0.5) is 0 Å². The Bertz CT molecular complexity index is 521. The van der Waals surface area contributed by atoms with E-state index < -0.39 is 0 Å². The van der Waals surface area contributed by atoms with Crippen LogP contribution in [-0.4, -0.2) is 28.9 Å². The summed E-state index contributed by atoms with van der Waals surface area (Å²) < 4.78 is 0. The molecule has 0 saturated heterocycles. The molecule has 0 bridgehead atoms. The molecule has 1 amide bonds. The van der Waals surface area contributed by atoms with Crippen molar-refractivity contribution in [2.45, 2.75) is 12.2 Å². The summed E-state index contributed by atoms with van der Waals surface area (Å²) in [5.74, 6) is -0.00361. The van der Waals surface area contributed by atoms with Crippen LogP contribution in [0.15, 0.2) is 30.5 Å². The maximum atomic E-state index is 12.0. The molecule has 2 N–H and O–H groups in total. The Kier molecular flexibility index (Phi) is 3.74. The minimum absolute atomic E-state index is 0.00361. The van der Waals surface area contributed by atoms with Crippen LogP contribution >= 0.6 is 11.8 Å². The molecule has 0 aliphatic rings. The van der Waals surface area contributed by atoms with Crippen LogP contribution in [0.2, 0.25) is 0 Å². The van der Waals surface area contributed by atoms with Crippen molar-refractivity contribution in [3.8, 4) is 0 Å². The first-order valence-electron chi connectivity index (χ1n) is 5.59. The van der Waals surface area contributed by atoms with Gasteiger partial charge in [-0.2, -0.15) is 11.8 Å². The van der Waals surface area contributed by atoms with Crippen LogP contribution in [0.3, 0.4) is 0 Å². The van der Waals surface area contributed by atoms with Gasteiger partial charge in [0.15, 0.2) is 0 Å². The fraction of sp³-hybridized carbons (Fsp3) is 0.308. The number of H-pyrrole nitrogens is 1. The normalized spacial score (nSPS) is 12.6. The molecule has 0 fully saturated rings. The second-order valence-electron chi connectivity index (χ2n) is 4.00. The van der Waals surface area contributed by atoms with E-state index >= 15 is 0 Å². The molecule has 0 aliphatic heterocycles. The zero-order chi connectivity index (χ0) is 12.3. The molecule has 0 aliphatic carbocycles. The number of hydrogen-bond donors (Lipinski definition) is 2. The Labute approximate surface area is 105 Å². The van der Waals surface area contributed by atoms with Crippen LogP contribution in [0, 0.1) is 0 Å². The zero-order valence-corrected chi connectivity index (χ0v) is 10.8. The van der Waals surface area contributed by atoms with Gasteiger partial charge in [-0.3, -0.25) is 4.79 Å². The summed E-state index contributed by atoms with van der Waals surface area (Å²) in [4.78, 5) is 15.1. The molecule has 2 aromatic rings. The summed E-state index contributed by atoms with van der Waals surface area (Å²) >= 11 is 1.75. The third-order valence-corrected chi connectivity index (χ3v) is 3.76. The lowest BCUT2D eigenvalue weighted by Crippen LogP contribution is -2.29. The van der Waals surface area contributed by atoms with Crippen LogP contribution in [-0.2, 0) is 0 Å². The van der Waals surface area contributed by atoms with Crippen molar-refractivity contribution in [1.29, 1.82) is 0 Å². The molecule has 4 heteroatoms. The van der Waals surface area contributed by atoms with Gasteiger partial charge in [-0.25, -0.2) is 0 Å². The number of fused-ring (bicyclic) bond motifs is 1. The van der Waals surface area contributed by atoms with Gasteiger partial charge in [-0.15, -0.1) is 0 Å². The average Bonchev–Trinajstić information content (AvgIpc) is 2.83. The Balaban J connectivity index is 2.16. The standard InChI is InChI=1S/C13H16N2OS/c1-9(17-2)8-15-13(16)11-4-3-5-12-10(11)6-7-14-12/h3-7,9,14H,8H2,1-2H3,(H,15,16). The van der Waals surface area contributed by atoms with Gasteiger partial charge in [0, 0.05) is 34.5 Å². The molecule has 1 atom stereocenters. The highest BCUT2D eigenvalue weighted by atomic mass is 32.2. The van der Waals surface area contributed by atoms with Crippen LogP contribution in [0.1, 0.15) is 17.3 Å². The van der Waals surface area contributed by atoms with Crippen LogP contribution in [0.5, 0.6) is 0 Å². The topological polar surface area (TPSA) is 44.9 Å². The van der Waals surface area contributed by atoms with Gasteiger partial charge in [0.1, 0.15) is 0 Å². The predicted molar refractivity (Wildman–Crippen MR) is 73.6 cm³/mol. The summed E-state index contributed by atoms with van der Waals surface area (Å²) in [5.41, 5.74) is 1.73. The number of aromatic nitrogens is 1. The summed E-state index contributed by atoms with van der Waals surface area (Å²) in [7, 11) is 0. The SMILES string of the molecule is CSC(C)CNC(=O)c1cccc2[nH]ccc12. The van der Waals surface area contributed by atoms with E-state index in [4.69, 9.17) is 0 Å². The minimum atomic E-state index is -0.00361. The Morgan fingerprint density at radius 1 is 1.47 bits per heavy atom. The van der Waals surface area contributed by atoms with E-state index in [1.165, 1.54) is 0 Å². The summed E-state index contributed by atoms with van der Waals surface area (Å²) in [6, 6.07) is 7.65. The number of carbonyl (C=O) groups excluding carboxylic acids is 1. The van der Waals surface area contributed by atoms with E-state index in [1.807, 2.05) is 36.7 Å². The van der Waals surface area contributed by atoms with Crippen molar-refractivity contribution in [2.24, 2.45) is 0 Å². The highest BCUT2D eigenvalue weighted by Gasteiger charge is 2.10. The fourth-order valence-electron chi connectivity index (χ4n) is 1.70. The highest BCUT2D eigenvalue weighted by Crippen LogP contribution is 2.17. The molecule has 1 unspecified atom stereocenters. The zero-order valence-electron chi connectivity index (χ0n) is 9.99. The van der Waals surface area contributed by atoms with Crippen molar-refractivity contribution in [2.75, 3.05) is 12.8 Å². The lowest BCUT2D eigenvalue weighted by molar-refractivity contribution is 0.0956. The number of nitrogens with one attached hydrogen (secondary N) is 2. The van der Waals surface area contributed by atoms with Crippen LogP contribution in [0.25, 0.3) is 10.9 Å². The van der Waals surface area contributed by atoms with Crippen molar-refractivity contribution in [1.82, 2.24) is 10.3 Å². The van der Waals surface area contributed by atoms with E-state index in [9.17, 15) is 4.79 Å². The van der Waals surface area contributed by atoms with E-state index in [2.05, 4.69) is 17.2 Å². The third kappa shape index (κ3) is 2.64. The van der Waals surface area contributed by atoms with Crippen molar-refractivity contribution >= 4 is 28.6 Å². The molecule has 1 aromatic heterocycles. The Hall–Kier alpha value is -1.42. The van der Waals surface area contributed by atoms with Crippen molar-refractivity contribution < 1.29 is 4.79 Å². The molecular formula is C13H16N2OS. The molecule has 0 saturated carbocycles. The lowest BCUT2D eigenvalue weighted by Gasteiger charge is -2.10. The molecule has 17 heavy (non-hydrogen) atoms. The average molecular weight is 248 g/mol. The monoisotopic (exact) mass is 248 g/mol. The number of rotatable bonds is 4. The lowest BCUT2D eigenvalue weighted by atomic mass is 10.1. The predicted octanol–water partition coefficient (Wildman–Crippen LogP) is 2.65. The van der Waals surface area contributed by atoms with E-state index in [-0.39, 0.29) is 5.91 Å². The number of carbonyl (C=O) groups is 1. The first-order valence-corrected chi connectivity index (χ1v) is 6.88. The summed E-state index contributed by atoms with van der Waals surface area (Å²) in [6.07, 6.45) is 3.90. The van der Waals surface area contributed by atoms with Gasteiger partial charge in [0.25, 0.3) is 5.91 Å². The van der Waals surface area contributed by atoms with Gasteiger partial charge in [-0.1, -0.05) is 13.0 Å². The molecule has 90 valence electrons. The van der Waals surface area contributed by atoms with Gasteiger partial charge in [0.2, 0.25) is 0 Å². The number of aromatic amines is 1. The first kappa shape index (κ1) is 12.0. The number of hydrogen-bond acceptors (Lipinski definition) is 2. The van der Waals surface area contributed by atoms with E-state index in [0.717, 1.165) is 16.5 Å². The van der Waals surface area contributed by atoms with Crippen molar-refractivity contribution in [3.63, 3.8) is 0 Å². The second kappa shape index (κ2) is 5.27. The highest BCUT2D eigenvalue weighted by molar-refractivity contribution is 7.99. The number of thioether (sulfide) groups is 1. The first-order chi connectivity index (χ1) is 8.22. The quantitative estimate of drug-likeness (QED) is 0.873. The van der Waals surface area contributed by atoms with E-state index in [0.29, 0.717) is 11.8 Å². The molecule has 1 aromatic carbocycles. The Morgan fingerprint density at radius 2 is 2.29 bits per heavy atom. The van der Waals surface area contributed by atoms with Gasteiger partial charge in [-0.05, 0) is 24.5 Å². The van der Waals surface area contributed by atoms with E-state index in [1.54, 1.807) is 11.8 Å². The van der Waals surface area contributed by atoms with Gasteiger partial charge >= 0.3 is 0 Å². The second-order valence-corrected chi connectivity index (χ2v) is 5.28. The molecule has 1 heterocycles. The van der Waals surface area contributed by atoms with Gasteiger partial charge in [0.05, 0.1) is 0 Å². The maximum Gasteiger partial charge on any atom is 0.252 e. The van der Waals surface area contributed by atoms with Gasteiger partial charge < -0.3 is 10.3 Å². The molecule has 3 nitrogen and oxygen atoms in total. The molecule has 0 spiro atoms. The fourth-order valence-corrected chi connectivity index (χ4v) is 1.95. The maximum absolute atomic E-state index is 12.0. The molecule has 0 radical (unpaired) electrons. The molecular weight excluding hydrogens is 232 g/mol. The summed E-state index contributed by atoms with van der Waals surface area (Å²) in [5, 5.41) is 4.37. The number of amides is 1. The van der Waals surface area contributed by atoms with Crippen molar-refractivity contribution in [3.05, 3.63) is 36.0 Å². The summed E-state index contributed by atoms with van der Waals surface area (Å²) in [6.45, 7) is 2.79. The Morgan fingerprint density at radius 3 is 3.06 bits per heavy atom. The smallest absolute Gasteiger partial charge is 0.252 e.